The summed E-state index contributed by atoms with van der Waals surface area (Å²) in [7, 11) is 0. The molecule has 0 radical (unpaired) electrons. The van der Waals surface area contributed by atoms with Crippen LogP contribution in [0.4, 0.5) is 13.2 Å². The molecule has 3 N–H and O–H groups in total. The molecular weight excluding hydrogens is 365 g/mol. The highest BCUT2D eigenvalue weighted by atomic mass is 19.1. The van der Waals surface area contributed by atoms with Gasteiger partial charge in [0.15, 0.2) is 0 Å². The number of esters is 1. The Morgan fingerprint density at radius 1 is 1.04 bits per heavy atom. The third-order valence-electron chi connectivity index (χ3n) is 3.50. The lowest BCUT2D eigenvalue weighted by Gasteiger charge is -2.15. The Balaban J connectivity index is 2.02. The van der Waals surface area contributed by atoms with Gasteiger partial charge in [0, 0.05) is 12.1 Å². The van der Waals surface area contributed by atoms with Gasteiger partial charge in [-0.25, -0.2) is 13.2 Å². The molecule has 0 saturated heterocycles. The second kappa shape index (κ2) is 8.84. The van der Waals surface area contributed by atoms with Crippen molar-refractivity contribution in [3.8, 4) is 0 Å². The molecule has 0 fully saturated rings. The summed E-state index contributed by atoms with van der Waals surface area (Å²) in [6.07, 6.45) is -0.641. The molecule has 0 aliphatic rings. The van der Waals surface area contributed by atoms with Crippen molar-refractivity contribution < 1.29 is 32.3 Å². The first kappa shape index (κ1) is 20.0. The molecular formula is C18H15F3N2O4. The highest BCUT2D eigenvalue weighted by Gasteiger charge is 2.26. The van der Waals surface area contributed by atoms with Crippen LogP contribution in [0, 0.1) is 17.5 Å². The zero-order valence-corrected chi connectivity index (χ0v) is 13.9. The van der Waals surface area contributed by atoms with Crippen molar-refractivity contribution in [1.82, 2.24) is 5.32 Å². The van der Waals surface area contributed by atoms with E-state index in [2.05, 4.69) is 0 Å². The number of amides is 2. The minimum atomic E-state index is -1.57. The molecule has 0 spiro atoms. The number of primary amides is 1. The predicted octanol–water partition coefficient (Wildman–Crippen LogP) is 1.82. The standard InChI is InChI=1S/C18H15F3N2O4/c19-11-6-12(20)16(13(21)7-11)18(26)23-14(17(22)25)8-15(24)27-9-10-4-2-1-3-5-10/h1-7,14H,8-9H2,(H2,22,25)(H,23,26)/t14-/m0/s1. The number of halogens is 3. The number of nitrogens with one attached hydrogen (secondary N) is 1. The lowest BCUT2D eigenvalue weighted by molar-refractivity contribution is -0.146. The number of rotatable bonds is 7. The summed E-state index contributed by atoms with van der Waals surface area (Å²) >= 11 is 0. The molecule has 2 aromatic rings. The summed E-state index contributed by atoms with van der Waals surface area (Å²) in [4.78, 5) is 35.3. The lowest BCUT2D eigenvalue weighted by atomic mass is 10.1. The molecule has 0 saturated carbocycles. The molecule has 27 heavy (non-hydrogen) atoms. The van der Waals surface area contributed by atoms with Crippen molar-refractivity contribution in [3.05, 3.63) is 71.0 Å². The third kappa shape index (κ3) is 5.56. The summed E-state index contributed by atoms with van der Waals surface area (Å²) in [6.45, 7) is -0.0691. The molecule has 0 heterocycles. The number of benzene rings is 2. The molecule has 0 bridgehead atoms. The van der Waals surface area contributed by atoms with E-state index in [-0.39, 0.29) is 6.61 Å². The largest absolute Gasteiger partial charge is 0.461 e. The fraction of sp³-hybridized carbons (Fsp3) is 0.167. The lowest BCUT2D eigenvalue weighted by Crippen LogP contribution is -2.46. The van der Waals surface area contributed by atoms with E-state index in [1.165, 1.54) is 0 Å². The van der Waals surface area contributed by atoms with E-state index in [4.69, 9.17) is 10.5 Å². The Labute approximate surface area is 152 Å². The first-order valence-electron chi connectivity index (χ1n) is 7.72. The molecule has 6 nitrogen and oxygen atoms in total. The van der Waals surface area contributed by atoms with Gasteiger partial charge in [-0.15, -0.1) is 0 Å². The third-order valence-corrected chi connectivity index (χ3v) is 3.50. The molecule has 0 aliphatic heterocycles. The highest BCUT2D eigenvalue weighted by molar-refractivity contribution is 5.98. The summed E-state index contributed by atoms with van der Waals surface area (Å²) in [5, 5.41) is 1.95. The van der Waals surface area contributed by atoms with Gasteiger partial charge in [0.2, 0.25) is 5.91 Å². The van der Waals surface area contributed by atoms with Gasteiger partial charge in [0.25, 0.3) is 5.91 Å². The first-order valence-corrected chi connectivity index (χ1v) is 7.72. The zero-order chi connectivity index (χ0) is 20.0. The Bertz CT molecular complexity index is 836. The van der Waals surface area contributed by atoms with Crippen LogP contribution in [0.25, 0.3) is 0 Å². The van der Waals surface area contributed by atoms with Crippen LogP contribution in [0.1, 0.15) is 22.3 Å². The van der Waals surface area contributed by atoms with Crippen molar-refractivity contribution in [3.63, 3.8) is 0 Å². The average Bonchev–Trinajstić information content (AvgIpc) is 2.59. The molecule has 2 amide bonds. The van der Waals surface area contributed by atoms with Gasteiger partial charge >= 0.3 is 5.97 Å². The number of hydrogen-bond acceptors (Lipinski definition) is 4. The zero-order valence-electron chi connectivity index (χ0n) is 13.9. The number of hydrogen-bond donors (Lipinski definition) is 2. The topological polar surface area (TPSA) is 98.5 Å². The molecule has 142 valence electrons. The minimum absolute atomic E-state index is 0.0691. The van der Waals surface area contributed by atoms with E-state index in [1.807, 2.05) is 5.32 Å². The van der Waals surface area contributed by atoms with Crippen molar-refractivity contribution in [2.75, 3.05) is 0 Å². The van der Waals surface area contributed by atoms with E-state index in [1.54, 1.807) is 30.3 Å². The van der Waals surface area contributed by atoms with Gasteiger partial charge in [0.05, 0.1) is 6.42 Å². The van der Waals surface area contributed by atoms with Gasteiger partial charge in [-0.1, -0.05) is 30.3 Å². The molecule has 9 heteroatoms. The van der Waals surface area contributed by atoms with E-state index in [0.717, 1.165) is 0 Å². The van der Waals surface area contributed by atoms with E-state index >= 15 is 0 Å². The van der Waals surface area contributed by atoms with Crippen molar-refractivity contribution in [2.45, 2.75) is 19.1 Å². The Hall–Kier alpha value is -3.36. The summed E-state index contributed by atoms with van der Waals surface area (Å²) in [5.41, 5.74) is 4.71. The molecule has 2 rings (SSSR count). The highest BCUT2D eigenvalue weighted by Crippen LogP contribution is 2.15. The van der Waals surface area contributed by atoms with Crippen LogP contribution >= 0.6 is 0 Å². The molecule has 0 aromatic heterocycles. The van der Waals surface area contributed by atoms with Crippen LogP contribution in [0.2, 0.25) is 0 Å². The fourth-order valence-corrected chi connectivity index (χ4v) is 2.18. The summed E-state index contributed by atoms with van der Waals surface area (Å²) in [6, 6.07) is 7.73. The van der Waals surface area contributed by atoms with Crippen molar-refractivity contribution >= 4 is 17.8 Å². The first-order chi connectivity index (χ1) is 12.8. The Morgan fingerprint density at radius 2 is 1.63 bits per heavy atom. The van der Waals surface area contributed by atoms with E-state index in [0.29, 0.717) is 17.7 Å². The van der Waals surface area contributed by atoms with Gasteiger partial charge in [-0.2, -0.15) is 0 Å². The number of nitrogens with two attached hydrogens (primary N) is 1. The number of carbonyl (C=O) groups excluding carboxylic acids is 3. The Kier molecular flexibility index (Phi) is 6.53. The van der Waals surface area contributed by atoms with Crippen LogP contribution in [-0.2, 0) is 20.9 Å². The second-order valence-corrected chi connectivity index (χ2v) is 5.52. The second-order valence-electron chi connectivity index (χ2n) is 5.52. The maximum absolute atomic E-state index is 13.6. The molecule has 1 atom stereocenters. The summed E-state index contributed by atoms with van der Waals surface area (Å²) < 4.78 is 45.1. The van der Waals surface area contributed by atoms with Crippen LogP contribution in [-0.4, -0.2) is 23.8 Å². The quantitative estimate of drug-likeness (QED) is 0.716. The Morgan fingerprint density at radius 3 is 2.19 bits per heavy atom. The molecule has 2 aromatic carbocycles. The molecule has 0 unspecified atom stereocenters. The summed E-state index contributed by atoms with van der Waals surface area (Å²) in [5.74, 6) is -7.45. The van der Waals surface area contributed by atoms with Gasteiger partial charge < -0.3 is 15.8 Å². The van der Waals surface area contributed by atoms with Crippen molar-refractivity contribution in [2.24, 2.45) is 5.73 Å². The normalized spacial score (nSPS) is 11.5. The minimum Gasteiger partial charge on any atom is -0.461 e. The smallest absolute Gasteiger partial charge is 0.308 e. The predicted molar refractivity (Wildman–Crippen MR) is 87.6 cm³/mol. The maximum atomic E-state index is 13.6. The average molecular weight is 380 g/mol. The van der Waals surface area contributed by atoms with Gasteiger partial charge in [0.1, 0.15) is 35.7 Å². The van der Waals surface area contributed by atoms with Crippen molar-refractivity contribution in [1.29, 1.82) is 0 Å². The monoisotopic (exact) mass is 380 g/mol. The van der Waals surface area contributed by atoms with E-state index < -0.39 is 53.3 Å². The van der Waals surface area contributed by atoms with E-state index in [9.17, 15) is 27.6 Å². The van der Waals surface area contributed by atoms with Crippen LogP contribution in [0.15, 0.2) is 42.5 Å². The fourth-order valence-electron chi connectivity index (χ4n) is 2.18. The SMILES string of the molecule is NC(=O)[C@H](CC(=O)OCc1ccccc1)NC(=O)c1c(F)cc(F)cc1F. The number of ether oxygens (including phenoxy) is 1. The van der Waals surface area contributed by atoms with Crippen LogP contribution in [0.5, 0.6) is 0 Å². The molecule has 0 aliphatic carbocycles. The van der Waals surface area contributed by atoms with Crippen LogP contribution in [0.3, 0.4) is 0 Å². The van der Waals surface area contributed by atoms with Crippen LogP contribution < -0.4 is 11.1 Å². The van der Waals surface area contributed by atoms with Gasteiger partial charge in [-0.3, -0.25) is 14.4 Å². The van der Waals surface area contributed by atoms with Gasteiger partial charge in [-0.05, 0) is 5.56 Å². The number of carbonyl (C=O) groups is 3. The maximum Gasteiger partial charge on any atom is 0.308 e.